The molecule has 1 fully saturated rings. The van der Waals surface area contributed by atoms with Crippen molar-refractivity contribution < 1.29 is 13.2 Å². The van der Waals surface area contributed by atoms with Crippen LogP contribution in [0.2, 0.25) is 0 Å². The van der Waals surface area contributed by atoms with Gasteiger partial charge in [-0.1, -0.05) is 0 Å². The molecule has 18 heavy (non-hydrogen) atoms. The minimum absolute atomic E-state index is 0.308. The minimum atomic E-state index is -2.97. The van der Waals surface area contributed by atoms with E-state index < -0.39 is 9.84 Å². The van der Waals surface area contributed by atoms with E-state index in [9.17, 15) is 8.42 Å². The molecular weight excluding hydrogens is 272 g/mol. The molecule has 1 aliphatic heterocycles. The van der Waals surface area contributed by atoms with Gasteiger partial charge in [-0.05, 0) is 13.0 Å². The van der Waals surface area contributed by atoms with Crippen molar-refractivity contribution in [1.29, 1.82) is 0 Å². The molecule has 1 saturated heterocycles. The van der Waals surface area contributed by atoms with Gasteiger partial charge in [0.05, 0.1) is 0 Å². The van der Waals surface area contributed by atoms with Gasteiger partial charge < -0.3 is 10.1 Å². The van der Waals surface area contributed by atoms with E-state index in [4.69, 9.17) is 4.74 Å². The Hall–Kier alpha value is 0.180. The molecule has 7 heteroatoms. The molecule has 1 N–H and O–H groups in total. The highest BCUT2D eigenvalue weighted by atomic mass is 32.2. The Labute approximate surface area is 115 Å². The second-order valence-electron chi connectivity index (χ2n) is 4.49. The summed E-state index contributed by atoms with van der Waals surface area (Å²) in [7, 11) is -1.27. The zero-order valence-corrected chi connectivity index (χ0v) is 12.9. The zero-order valence-electron chi connectivity index (χ0n) is 11.2. The van der Waals surface area contributed by atoms with Gasteiger partial charge >= 0.3 is 0 Å². The molecule has 0 bridgehead atoms. The predicted octanol–water partition coefficient (Wildman–Crippen LogP) is 0.0320. The van der Waals surface area contributed by atoms with Crippen molar-refractivity contribution in [3.05, 3.63) is 0 Å². The van der Waals surface area contributed by atoms with Crippen LogP contribution in [-0.2, 0) is 14.6 Å². The van der Waals surface area contributed by atoms with Crippen molar-refractivity contribution in [3.8, 4) is 0 Å². The molecule has 0 aromatic carbocycles. The number of ether oxygens (including phenoxy) is 1. The Bertz CT molecular complexity index is 322. The quantitative estimate of drug-likeness (QED) is 0.638. The molecule has 1 rings (SSSR count). The highest BCUT2D eigenvalue weighted by Crippen LogP contribution is 2.19. The number of nitrogens with one attached hydrogen (secondary N) is 1. The van der Waals surface area contributed by atoms with E-state index in [1.807, 2.05) is 0 Å². The van der Waals surface area contributed by atoms with E-state index in [2.05, 4.69) is 10.2 Å². The topological polar surface area (TPSA) is 58.6 Å². The molecule has 5 nitrogen and oxygen atoms in total. The average molecular weight is 296 g/mol. The SMILES string of the molecule is COCCCNCCN1CCSCC1S(C)(=O)=O. The lowest BCUT2D eigenvalue weighted by Gasteiger charge is -2.33. The van der Waals surface area contributed by atoms with E-state index in [0.717, 1.165) is 45.0 Å². The van der Waals surface area contributed by atoms with Crippen molar-refractivity contribution in [2.45, 2.75) is 11.8 Å². The van der Waals surface area contributed by atoms with Crippen LogP contribution in [0.25, 0.3) is 0 Å². The maximum Gasteiger partial charge on any atom is 0.164 e. The average Bonchev–Trinajstić information content (AvgIpc) is 2.33. The third kappa shape index (κ3) is 5.88. The summed E-state index contributed by atoms with van der Waals surface area (Å²) in [6.45, 7) is 4.17. The molecule has 0 saturated carbocycles. The fraction of sp³-hybridized carbons (Fsp3) is 1.00. The summed E-state index contributed by atoms with van der Waals surface area (Å²) >= 11 is 1.73. The van der Waals surface area contributed by atoms with Crippen molar-refractivity contribution in [2.24, 2.45) is 0 Å². The van der Waals surface area contributed by atoms with Gasteiger partial charge in [-0.15, -0.1) is 0 Å². The van der Waals surface area contributed by atoms with E-state index in [0.29, 0.717) is 5.75 Å². The van der Waals surface area contributed by atoms with Crippen LogP contribution >= 0.6 is 11.8 Å². The molecule has 108 valence electrons. The molecule has 0 radical (unpaired) electrons. The summed E-state index contributed by atoms with van der Waals surface area (Å²) in [6.07, 6.45) is 2.32. The summed E-state index contributed by atoms with van der Waals surface area (Å²) in [5.41, 5.74) is 0. The van der Waals surface area contributed by atoms with E-state index in [1.54, 1.807) is 18.9 Å². The van der Waals surface area contributed by atoms with Gasteiger partial charge in [0, 0.05) is 51.1 Å². The maximum atomic E-state index is 11.7. The second kappa shape index (κ2) is 8.37. The van der Waals surface area contributed by atoms with Crippen molar-refractivity contribution in [2.75, 3.05) is 57.7 Å². The number of hydrogen-bond acceptors (Lipinski definition) is 6. The third-order valence-corrected chi connectivity index (χ3v) is 5.65. The molecule has 0 spiro atoms. The Balaban J connectivity index is 2.26. The number of methoxy groups -OCH3 is 1. The Morgan fingerprint density at radius 2 is 2.22 bits per heavy atom. The summed E-state index contributed by atoms with van der Waals surface area (Å²) in [4.78, 5) is 2.08. The first-order valence-electron chi connectivity index (χ1n) is 6.26. The largest absolute Gasteiger partial charge is 0.385 e. The van der Waals surface area contributed by atoms with Gasteiger partial charge in [-0.2, -0.15) is 11.8 Å². The number of sulfone groups is 1. The second-order valence-corrected chi connectivity index (χ2v) is 7.84. The fourth-order valence-electron chi connectivity index (χ4n) is 1.95. The zero-order chi connectivity index (χ0) is 13.4. The third-order valence-electron chi connectivity index (χ3n) is 2.96. The molecule has 0 aromatic heterocycles. The van der Waals surface area contributed by atoms with Crippen LogP contribution < -0.4 is 5.32 Å². The Morgan fingerprint density at radius 1 is 1.44 bits per heavy atom. The molecule has 0 amide bonds. The van der Waals surface area contributed by atoms with Crippen LogP contribution in [0.4, 0.5) is 0 Å². The van der Waals surface area contributed by atoms with Crippen LogP contribution in [-0.4, -0.2) is 76.3 Å². The smallest absolute Gasteiger partial charge is 0.164 e. The normalized spacial score (nSPS) is 22.2. The van der Waals surface area contributed by atoms with Crippen molar-refractivity contribution >= 4 is 21.6 Å². The number of nitrogens with zero attached hydrogens (tertiary/aromatic N) is 1. The lowest BCUT2D eigenvalue weighted by molar-refractivity contribution is 0.193. The lowest BCUT2D eigenvalue weighted by atomic mass is 10.4. The van der Waals surface area contributed by atoms with Gasteiger partial charge in [0.1, 0.15) is 5.37 Å². The molecule has 1 atom stereocenters. The monoisotopic (exact) mass is 296 g/mol. The summed E-state index contributed by atoms with van der Waals surface area (Å²) in [6, 6.07) is 0. The number of rotatable bonds is 8. The minimum Gasteiger partial charge on any atom is -0.385 e. The van der Waals surface area contributed by atoms with Crippen molar-refractivity contribution in [1.82, 2.24) is 10.2 Å². The lowest BCUT2D eigenvalue weighted by Crippen LogP contribution is -2.49. The molecule has 1 heterocycles. The Kier molecular flexibility index (Phi) is 7.55. The fourth-order valence-corrected chi connectivity index (χ4v) is 4.93. The van der Waals surface area contributed by atoms with E-state index in [-0.39, 0.29) is 5.37 Å². The van der Waals surface area contributed by atoms with Gasteiger partial charge in [-0.25, -0.2) is 8.42 Å². The van der Waals surface area contributed by atoms with Crippen LogP contribution in [0.15, 0.2) is 0 Å². The van der Waals surface area contributed by atoms with Gasteiger partial charge in [0.15, 0.2) is 9.84 Å². The van der Waals surface area contributed by atoms with Crippen LogP contribution in [0.5, 0.6) is 0 Å². The maximum absolute atomic E-state index is 11.7. The van der Waals surface area contributed by atoms with Crippen LogP contribution in [0.3, 0.4) is 0 Å². The molecule has 0 aromatic rings. The first-order chi connectivity index (χ1) is 8.55. The van der Waals surface area contributed by atoms with E-state index in [1.165, 1.54) is 6.26 Å². The first-order valence-corrected chi connectivity index (χ1v) is 9.37. The highest BCUT2D eigenvalue weighted by molar-refractivity contribution is 8.00. The van der Waals surface area contributed by atoms with Gasteiger partial charge in [-0.3, -0.25) is 4.90 Å². The number of thioether (sulfide) groups is 1. The molecule has 1 aliphatic rings. The standard InChI is InChI=1S/C11H24N2O3S2/c1-16-8-3-4-12-5-6-13-7-9-17-10-11(13)18(2,14)15/h11-12H,3-10H2,1-2H3. The Morgan fingerprint density at radius 3 is 2.89 bits per heavy atom. The predicted molar refractivity (Wildman–Crippen MR) is 76.9 cm³/mol. The van der Waals surface area contributed by atoms with Crippen LogP contribution in [0, 0.1) is 0 Å². The summed E-state index contributed by atoms with van der Waals surface area (Å²) < 4.78 is 28.3. The highest BCUT2D eigenvalue weighted by Gasteiger charge is 2.30. The summed E-state index contributed by atoms with van der Waals surface area (Å²) in [5, 5.41) is 3.01. The van der Waals surface area contributed by atoms with Crippen LogP contribution in [0.1, 0.15) is 6.42 Å². The molecule has 0 aliphatic carbocycles. The van der Waals surface area contributed by atoms with Gasteiger partial charge in [0.25, 0.3) is 0 Å². The number of hydrogen-bond donors (Lipinski definition) is 1. The van der Waals surface area contributed by atoms with Crippen molar-refractivity contribution in [3.63, 3.8) is 0 Å². The molecular formula is C11H24N2O3S2. The van der Waals surface area contributed by atoms with Gasteiger partial charge in [0.2, 0.25) is 0 Å². The van der Waals surface area contributed by atoms with E-state index >= 15 is 0 Å². The summed E-state index contributed by atoms with van der Waals surface area (Å²) in [5.74, 6) is 1.72. The molecule has 1 unspecified atom stereocenters. The first kappa shape index (κ1) is 16.2.